The summed E-state index contributed by atoms with van der Waals surface area (Å²) in [4.78, 5) is 0. The van der Waals surface area contributed by atoms with Crippen LogP contribution in [0.3, 0.4) is 0 Å². The molecule has 2 heteroatoms. The van der Waals surface area contributed by atoms with E-state index in [0.717, 1.165) is 19.3 Å². The number of hydrogen-bond acceptors (Lipinski definition) is 1. The van der Waals surface area contributed by atoms with Crippen molar-refractivity contribution in [3.05, 3.63) is 0 Å². The molecule has 1 nitrogen and oxygen atoms in total. The Balaban J connectivity index is 2.97. The molecule has 1 N–H and O–H groups in total. The first kappa shape index (κ1) is 9.89. The third kappa shape index (κ3) is 6.02. The van der Waals surface area contributed by atoms with E-state index in [4.69, 9.17) is 5.11 Å². The van der Waals surface area contributed by atoms with Gasteiger partial charge >= 0.3 is 0 Å². The van der Waals surface area contributed by atoms with Crippen LogP contribution in [0.1, 0.15) is 39.0 Å². The molecule has 0 rings (SSSR count). The van der Waals surface area contributed by atoms with E-state index >= 15 is 0 Å². The summed E-state index contributed by atoms with van der Waals surface area (Å²) in [5, 5.41) is 8.35. The van der Waals surface area contributed by atoms with Crippen molar-refractivity contribution in [3.63, 3.8) is 0 Å². The fourth-order valence-corrected chi connectivity index (χ4v) is 0.900. The van der Waals surface area contributed by atoms with Gasteiger partial charge in [0.25, 0.3) is 0 Å². The summed E-state index contributed by atoms with van der Waals surface area (Å²) >= 11 is 0. The van der Waals surface area contributed by atoms with E-state index < -0.39 is 6.17 Å². The van der Waals surface area contributed by atoms with E-state index in [1.54, 1.807) is 0 Å². The van der Waals surface area contributed by atoms with Crippen molar-refractivity contribution >= 4 is 0 Å². The van der Waals surface area contributed by atoms with Gasteiger partial charge in [0.2, 0.25) is 0 Å². The minimum atomic E-state index is -0.781. The Kier molecular flexibility index (Phi) is 6.93. The van der Waals surface area contributed by atoms with Crippen molar-refractivity contribution in [3.8, 4) is 0 Å². The normalized spacial score (nSPS) is 13.5. The third-order valence-corrected chi connectivity index (χ3v) is 1.56. The van der Waals surface area contributed by atoms with Crippen LogP contribution in [0.2, 0.25) is 0 Å². The molecule has 0 spiro atoms. The lowest BCUT2D eigenvalue weighted by atomic mass is 10.1. The molecule has 10 heavy (non-hydrogen) atoms. The summed E-state index contributed by atoms with van der Waals surface area (Å²) in [6.45, 7) is 2.08. The zero-order valence-electron chi connectivity index (χ0n) is 6.65. The fraction of sp³-hybridized carbons (Fsp3) is 1.00. The summed E-state index contributed by atoms with van der Waals surface area (Å²) in [6.07, 6.45) is 3.34. The van der Waals surface area contributed by atoms with Crippen molar-refractivity contribution in [1.29, 1.82) is 0 Å². The average Bonchev–Trinajstić information content (AvgIpc) is 1.89. The van der Waals surface area contributed by atoms with Crippen LogP contribution in [0.15, 0.2) is 0 Å². The van der Waals surface area contributed by atoms with Gasteiger partial charge in [0.1, 0.15) is 6.17 Å². The summed E-state index contributed by atoms with van der Waals surface area (Å²) < 4.78 is 12.6. The van der Waals surface area contributed by atoms with Crippen LogP contribution in [0, 0.1) is 0 Å². The lowest BCUT2D eigenvalue weighted by Crippen LogP contribution is -2.02. The van der Waals surface area contributed by atoms with Crippen molar-refractivity contribution in [2.45, 2.75) is 45.2 Å². The van der Waals surface area contributed by atoms with Gasteiger partial charge in [0.15, 0.2) is 0 Å². The number of alkyl halides is 1. The quantitative estimate of drug-likeness (QED) is 0.573. The molecule has 0 fully saturated rings. The van der Waals surface area contributed by atoms with E-state index in [-0.39, 0.29) is 6.61 Å². The van der Waals surface area contributed by atoms with E-state index in [1.165, 1.54) is 0 Å². The highest BCUT2D eigenvalue weighted by Gasteiger charge is 2.03. The zero-order valence-corrected chi connectivity index (χ0v) is 6.65. The monoisotopic (exact) mass is 148 g/mol. The van der Waals surface area contributed by atoms with Crippen LogP contribution in [-0.4, -0.2) is 17.9 Å². The molecule has 0 saturated carbocycles. The second kappa shape index (κ2) is 7.00. The highest BCUT2D eigenvalue weighted by molar-refractivity contribution is 4.54. The van der Waals surface area contributed by atoms with E-state index in [2.05, 4.69) is 6.92 Å². The molecule has 0 aromatic carbocycles. The first-order valence-corrected chi connectivity index (χ1v) is 4.06. The standard InChI is InChI=1S/C8H17FO/c1-2-3-4-5-8(9)6-7-10/h8,10H,2-7H2,1H3. The van der Waals surface area contributed by atoms with Gasteiger partial charge in [-0.15, -0.1) is 0 Å². The minimum absolute atomic E-state index is 0.0205. The summed E-state index contributed by atoms with van der Waals surface area (Å²) in [6, 6.07) is 0. The molecule has 0 aromatic rings. The van der Waals surface area contributed by atoms with Crippen molar-refractivity contribution in [2.75, 3.05) is 6.61 Å². The van der Waals surface area contributed by atoms with Gasteiger partial charge in [-0.25, -0.2) is 4.39 Å². The van der Waals surface area contributed by atoms with Gasteiger partial charge in [-0.2, -0.15) is 0 Å². The van der Waals surface area contributed by atoms with Gasteiger partial charge in [0.05, 0.1) is 0 Å². The molecule has 0 amide bonds. The molecule has 0 aromatic heterocycles. The molecule has 0 radical (unpaired) electrons. The predicted octanol–water partition coefficient (Wildman–Crippen LogP) is 2.29. The molecule has 0 bridgehead atoms. The maximum Gasteiger partial charge on any atom is 0.102 e. The van der Waals surface area contributed by atoms with Crippen LogP contribution in [0.4, 0.5) is 4.39 Å². The molecule has 0 aliphatic heterocycles. The SMILES string of the molecule is CCCCCC(F)CCO. The Morgan fingerprint density at radius 1 is 1.30 bits per heavy atom. The third-order valence-electron chi connectivity index (χ3n) is 1.56. The van der Waals surface area contributed by atoms with Gasteiger partial charge in [0, 0.05) is 13.0 Å². The van der Waals surface area contributed by atoms with Crippen LogP contribution < -0.4 is 0 Å². The Bertz CT molecular complexity index is 66.3. The van der Waals surface area contributed by atoms with Crippen molar-refractivity contribution in [2.24, 2.45) is 0 Å². The van der Waals surface area contributed by atoms with Gasteiger partial charge < -0.3 is 5.11 Å². The number of unbranched alkanes of at least 4 members (excludes halogenated alkanes) is 2. The topological polar surface area (TPSA) is 20.2 Å². The first-order chi connectivity index (χ1) is 4.81. The highest BCUT2D eigenvalue weighted by Crippen LogP contribution is 2.08. The second-order valence-electron chi connectivity index (χ2n) is 2.61. The lowest BCUT2D eigenvalue weighted by molar-refractivity contribution is 0.209. The largest absolute Gasteiger partial charge is 0.396 e. The molecular weight excluding hydrogens is 131 g/mol. The van der Waals surface area contributed by atoms with Crippen LogP contribution in [0.25, 0.3) is 0 Å². The van der Waals surface area contributed by atoms with Crippen molar-refractivity contribution in [1.82, 2.24) is 0 Å². The summed E-state index contributed by atoms with van der Waals surface area (Å²) in [7, 11) is 0. The van der Waals surface area contributed by atoms with Crippen LogP contribution in [-0.2, 0) is 0 Å². The number of halogens is 1. The smallest absolute Gasteiger partial charge is 0.102 e. The van der Waals surface area contributed by atoms with Gasteiger partial charge in [-0.1, -0.05) is 26.2 Å². The molecule has 62 valence electrons. The Labute approximate surface area is 62.3 Å². The molecular formula is C8H17FO. The summed E-state index contributed by atoms with van der Waals surface area (Å²) in [5.41, 5.74) is 0. The number of rotatable bonds is 6. The predicted molar refractivity (Wildman–Crippen MR) is 40.7 cm³/mol. The molecule has 0 aliphatic rings. The van der Waals surface area contributed by atoms with Gasteiger partial charge in [-0.3, -0.25) is 0 Å². The number of aliphatic hydroxyl groups is 1. The molecule has 0 aliphatic carbocycles. The highest BCUT2D eigenvalue weighted by atomic mass is 19.1. The van der Waals surface area contributed by atoms with E-state index in [1.807, 2.05) is 0 Å². The lowest BCUT2D eigenvalue weighted by Gasteiger charge is -2.03. The van der Waals surface area contributed by atoms with E-state index in [0.29, 0.717) is 12.8 Å². The Morgan fingerprint density at radius 3 is 2.50 bits per heavy atom. The molecule has 0 saturated heterocycles. The molecule has 1 atom stereocenters. The minimum Gasteiger partial charge on any atom is -0.396 e. The summed E-state index contributed by atoms with van der Waals surface area (Å²) in [5.74, 6) is 0. The molecule has 1 unspecified atom stereocenters. The number of hydrogen-bond donors (Lipinski definition) is 1. The Hall–Kier alpha value is -0.110. The first-order valence-electron chi connectivity index (χ1n) is 4.06. The van der Waals surface area contributed by atoms with Crippen LogP contribution >= 0.6 is 0 Å². The van der Waals surface area contributed by atoms with Crippen LogP contribution in [0.5, 0.6) is 0 Å². The second-order valence-corrected chi connectivity index (χ2v) is 2.61. The maximum absolute atomic E-state index is 12.6. The van der Waals surface area contributed by atoms with E-state index in [9.17, 15) is 4.39 Å². The zero-order chi connectivity index (χ0) is 7.82. The maximum atomic E-state index is 12.6. The van der Waals surface area contributed by atoms with Gasteiger partial charge in [-0.05, 0) is 6.42 Å². The fourth-order valence-electron chi connectivity index (χ4n) is 0.900. The molecule has 0 heterocycles. The average molecular weight is 148 g/mol. The Morgan fingerprint density at radius 2 is 2.00 bits per heavy atom. The van der Waals surface area contributed by atoms with Crippen molar-refractivity contribution < 1.29 is 9.50 Å². The number of aliphatic hydroxyl groups excluding tert-OH is 1.